The van der Waals surface area contributed by atoms with Crippen molar-refractivity contribution in [2.45, 2.75) is 38.7 Å². The summed E-state index contributed by atoms with van der Waals surface area (Å²) in [6, 6.07) is 5.32. The highest BCUT2D eigenvalue weighted by molar-refractivity contribution is 6.02. The first kappa shape index (κ1) is 21.5. The molecular formula is C19H23NO8. The maximum atomic E-state index is 12.7. The van der Waals surface area contributed by atoms with Crippen LogP contribution in [0.5, 0.6) is 0 Å². The fourth-order valence-corrected chi connectivity index (χ4v) is 3.73. The molecule has 0 radical (unpaired) electrons. The van der Waals surface area contributed by atoms with Gasteiger partial charge in [-0.2, -0.15) is 0 Å². The van der Waals surface area contributed by atoms with E-state index in [4.69, 9.17) is 9.47 Å². The van der Waals surface area contributed by atoms with Gasteiger partial charge in [-0.25, -0.2) is 0 Å². The van der Waals surface area contributed by atoms with Gasteiger partial charge in [-0.15, -0.1) is 0 Å². The van der Waals surface area contributed by atoms with E-state index in [1.807, 2.05) is 0 Å². The molecule has 0 aliphatic heterocycles. The number of ketones is 1. The summed E-state index contributed by atoms with van der Waals surface area (Å²) >= 11 is 0. The summed E-state index contributed by atoms with van der Waals surface area (Å²) in [4.78, 5) is 48.5. The van der Waals surface area contributed by atoms with Gasteiger partial charge in [0.25, 0.3) is 5.69 Å². The molecule has 0 amide bonds. The van der Waals surface area contributed by atoms with Gasteiger partial charge in [-0.1, -0.05) is 12.1 Å². The quantitative estimate of drug-likeness (QED) is 0.334. The van der Waals surface area contributed by atoms with Gasteiger partial charge in [0, 0.05) is 24.5 Å². The van der Waals surface area contributed by atoms with Crippen LogP contribution in [0.4, 0.5) is 5.69 Å². The second-order valence-corrected chi connectivity index (χ2v) is 6.84. The standard InChI is InChI=1S/C19H23NO8/c1-4-27-17(22)15-13(21)10-19(3,24)16(18(23)28-5-2)14(15)11-7-6-8-12(9-11)20(25)26/h6-9,14-16,24H,4-5,10H2,1-3H3/t14-,15+,16+,19+/m1/s1. The van der Waals surface area contributed by atoms with Crippen molar-refractivity contribution in [1.29, 1.82) is 0 Å². The second kappa shape index (κ2) is 8.47. The highest BCUT2D eigenvalue weighted by Crippen LogP contribution is 2.47. The van der Waals surface area contributed by atoms with Crippen LogP contribution in [0.15, 0.2) is 24.3 Å². The van der Waals surface area contributed by atoms with Crippen molar-refractivity contribution in [3.05, 3.63) is 39.9 Å². The molecule has 1 aromatic rings. The molecule has 9 heteroatoms. The van der Waals surface area contributed by atoms with Gasteiger partial charge < -0.3 is 14.6 Å². The molecule has 1 aliphatic carbocycles. The predicted molar refractivity (Wildman–Crippen MR) is 96.3 cm³/mol. The normalized spacial score (nSPS) is 27.1. The van der Waals surface area contributed by atoms with Crippen LogP contribution >= 0.6 is 0 Å². The van der Waals surface area contributed by atoms with Crippen LogP contribution in [-0.4, -0.2) is 46.6 Å². The molecule has 2 rings (SSSR count). The Morgan fingerprint density at radius 3 is 2.43 bits per heavy atom. The van der Waals surface area contributed by atoms with E-state index >= 15 is 0 Å². The van der Waals surface area contributed by atoms with Crippen molar-refractivity contribution < 1.29 is 33.9 Å². The molecular weight excluding hydrogens is 370 g/mol. The molecule has 4 atom stereocenters. The maximum Gasteiger partial charge on any atom is 0.317 e. The Hall–Kier alpha value is -2.81. The number of benzene rings is 1. The number of non-ortho nitro benzene ring substituents is 1. The van der Waals surface area contributed by atoms with Gasteiger partial charge in [-0.3, -0.25) is 24.5 Å². The third kappa shape index (κ3) is 4.19. The lowest BCUT2D eigenvalue weighted by Gasteiger charge is -2.43. The van der Waals surface area contributed by atoms with Gasteiger partial charge in [0.2, 0.25) is 0 Å². The Labute approximate surface area is 161 Å². The molecule has 0 aromatic heterocycles. The lowest BCUT2D eigenvalue weighted by Crippen LogP contribution is -2.55. The van der Waals surface area contributed by atoms with Crippen LogP contribution in [0.25, 0.3) is 0 Å². The highest BCUT2D eigenvalue weighted by atomic mass is 16.6. The van der Waals surface area contributed by atoms with Crippen LogP contribution in [0.1, 0.15) is 38.7 Å². The van der Waals surface area contributed by atoms with Gasteiger partial charge in [0.1, 0.15) is 5.92 Å². The lowest BCUT2D eigenvalue weighted by molar-refractivity contribution is -0.385. The van der Waals surface area contributed by atoms with Gasteiger partial charge in [0.05, 0.1) is 29.7 Å². The molecule has 0 saturated heterocycles. The van der Waals surface area contributed by atoms with Crippen LogP contribution in [0, 0.1) is 22.0 Å². The number of nitrogens with zero attached hydrogens (tertiary/aromatic N) is 1. The summed E-state index contributed by atoms with van der Waals surface area (Å²) in [6.45, 7) is 4.53. The number of aliphatic hydroxyl groups is 1. The number of ether oxygens (including phenoxy) is 2. The summed E-state index contributed by atoms with van der Waals surface area (Å²) < 4.78 is 10.1. The fraction of sp³-hybridized carbons (Fsp3) is 0.526. The highest BCUT2D eigenvalue weighted by Gasteiger charge is 2.57. The number of nitro groups is 1. The number of hydrogen-bond acceptors (Lipinski definition) is 8. The number of rotatable bonds is 6. The molecule has 152 valence electrons. The van der Waals surface area contributed by atoms with Crippen molar-refractivity contribution in [2.75, 3.05) is 13.2 Å². The zero-order valence-electron chi connectivity index (χ0n) is 15.9. The molecule has 1 saturated carbocycles. The van der Waals surface area contributed by atoms with Crippen molar-refractivity contribution in [2.24, 2.45) is 11.8 Å². The van der Waals surface area contributed by atoms with Crippen molar-refractivity contribution in [3.8, 4) is 0 Å². The first-order valence-corrected chi connectivity index (χ1v) is 8.96. The molecule has 1 aromatic carbocycles. The number of Topliss-reactive ketones (excluding diaryl/α,β-unsaturated/α-hetero) is 1. The van der Waals surface area contributed by atoms with E-state index < -0.39 is 52.4 Å². The topological polar surface area (TPSA) is 133 Å². The molecule has 0 unspecified atom stereocenters. The third-order valence-corrected chi connectivity index (χ3v) is 4.81. The zero-order chi connectivity index (χ0) is 21.1. The summed E-state index contributed by atoms with van der Waals surface area (Å²) in [5, 5.41) is 22.0. The molecule has 0 bridgehead atoms. The monoisotopic (exact) mass is 393 g/mol. The molecule has 0 heterocycles. The molecule has 1 N–H and O–H groups in total. The van der Waals surface area contributed by atoms with E-state index in [0.29, 0.717) is 0 Å². The van der Waals surface area contributed by atoms with E-state index in [1.54, 1.807) is 13.8 Å². The van der Waals surface area contributed by atoms with Crippen molar-refractivity contribution >= 4 is 23.4 Å². The van der Waals surface area contributed by atoms with E-state index in [1.165, 1.54) is 31.2 Å². The van der Waals surface area contributed by atoms with E-state index in [-0.39, 0.29) is 24.5 Å². The first-order valence-electron chi connectivity index (χ1n) is 8.96. The first-order chi connectivity index (χ1) is 13.1. The van der Waals surface area contributed by atoms with Crippen molar-refractivity contribution in [1.82, 2.24) is 0 Å². The van der Waals surface area contributed by atoms with E-state index in [0.717, 1.165) is 0 Å². The van der Waals surface area contributed by atoms with Crippen LogP contribution in [0.3, 0.4) is 0 Å². The van der Waals surface area contributed by atoms with Gasteiger partial charge in [0.15, 0.2) is 5.78 Å². The van der Waals surface area contributed by atoms with Crippen LogP contribution in [0.2, 0.25) is 0 Å². The largest absolute Gasteiger partial charge is 0.466 e. The number of carbonyl (C=O) groups excluding carboxylic acids is 3. The molecule has 28 heavy (non-hydrogen) atoms. The third-order valence-electron chi connectivity index (χ3n) is 4.81. The Balaban J connectivity index is 2.67. The summed E-state index contributed by atoms with van der Waals surface area (Å²) in [5.41, 5.74) is -1.85. The van der Waals surface area contributed by atoms with Gasteiger partial charge in [-0.05, 0) is 26.3 Å². The predicted octanol–water partition coefficient (Wildman–Crippen LogP) is 1.76. The van der Waals surface area contributed by atoms with Crippen LogP contribution in [-0.2, 0) is 23.9 Å². The minimum atomic E-state index is -1.79. The average Bonchev–Trinajstić information content (AvgIpc) is 2.60. The Bertz CT molecular complexity index is 788. The minimum absolute atomic E-state index is 0.0186. The number of esters is 2. The molecule has 0 spiro atoms. The minimum Gasteiger partial charge on any atom is -0.466 e. The van der Waals surface area contributed by atoms with Crippen LogP contribution < -0.4 is 0 Å². The van der Waals surface area contributed by atoms with E-state index in [2.05, 4.69) is 0 Å². The Morgan fingerprint density at radius 2 is 1.86 bits per heavy atom. The van der Waals surface area contributed by atoms with Gasteiger partial charge >= 0.3 is 11.9 Å². The molecule has 1 aliphatic rings. The Morgan fingerprint density at radius 1 is 1.25 bits per heavy atom. The fourth-order valence-electron chi connectivity index (χ4n) is 3.73. The molecule has 1 fully saturated rings. The SMILES string of the molecule is CCOC(=O)[C@H]1C(=O)C[C@](C)(O)[C@H](C(=O)OCC)[C@@H]1c1cccc([N+](=O)[O-])c1. The molecule has 9 nitrogen and oxygen atoms in total. The second-order valence-electron chi connectivity index (χ2n) is 6.84. The number of carbonyl (C=O) groups is 3. The summed E-state index contributed by atoms with van der Waals surface area (Å²) in [6.07, 6.45) is -0.439. The number of hydrogen-bond donors (Lipinski definition) is 1. The lowest BCUT2D eigenvalue weighted by atomic mass is 9.61. The zero-order valence-corrected chi connectivity index (χ0v) is 15.9. The number of nitro benzene ring substituents is 1. The smallest absolute Gasteiger partial charge is 0.317 e. The Kier molecular flexibility index (Phi) is 6.50. The summed E-state index contributed by atoms with van der Waals surface area (Å²) in [7, 11) is 0. The van der Waals surface area contributed by atoms with Crippen molar-refractivity contribution in [3.63, 3.8) is 0 Å². The average molecular weight is 393 g/mol. The summed E-state index contributed by atoms with van der Waals surface area (Å²) in [5.74, 6) is -6.03. The van der Waals surface area contributed by atoms with E-state index in [9.17, 15) is 29.6 Å². The maximum absolute atomic E-state index is 12.7.